The van der Waals surface area contributed by atoms with Gasteiger partial charge in [-0.2, -0.15) is 0 Å². The molecule has 0 aromatic carbocycles. The van der Waals surface area contributed by atoms with E-state index in [0.717, 1.165) is 32.1 Å². The third-order valence-electron chi connectivity index (χ3n) is 19.5. The van der Waals surface area contributed by atoms with Gasteiger partial charge in [0.2, 0.25) is 0 Å². The Hall–Kier alpha value is -1.14. The molecule has 0 radical (unpaired) electrons. The molecule has 9 rings (SSSR count). The van der Waals surface area contributed by atoms with Crippen molar-refractivity contribution in [3.63, 3.8) is 0 Å². The Bertz CT molecular complexity index is 1900. The number of rotatable bonds is 14. The standard InChI is InChI=1S/C51H84O22/c1-20(19-65-45-39(60)38(59)35(56)30(17-52)69-45)9-14-51(64)21(2)32-29(73-51)16-28-26-8-7-24-15-25(10-12-49(24,5)27(26)11-13-50(28,32)6)68-48-44(72-47-41(62)37(58)34(55)23(4)67-47)42(63)43(31(18-53)70-48)71-46-40(61)36(57)33(54)22(3)66-46/h7,20-23,25-48,52-64H,8-19H2,1-6H3/t20?,21-,22-,23-,25-,26+,27-,28-,29-,30+,31+,32-,33-,34-,35+,36+,37+,38-,39+,40+,41+,42-,43+,44+,45+,46-,47-,48+,49-,50-,51?/m0/s1. The van der Waals surface area contributed by atoms with Gasteiger partial charge < -0.3 is 109 Å². The van der Waals surface area contributed by atoms with E-state index >= 15 is 0 Å². The largest absolute Gasteiger partial charge is 0.394 e. The van der Waals surface area contributed by atoms with Crippen molar-refractivity contribution in [3.8, 4) is 0 Å². The quantitative estimate of drug-likeness (QED) is 0.0839. The number of fused-ring (bicyclic) bond motifs is 7. The van der Waals surface area contributed by atoms with Gasteiger partial charge >= 0.3 is 0 Å². The van der Waals surface area contributed by atoms with E-state index in [0.29, 0.717) is 43.4 Å². The van der Waals surface area contributed by atoms with Crippen LogP contribution in [0.1, 0.15) is 99.3 Å². The van der Waals surface area contributed by atoms with Crippen LogP contribution in [-0.2, 0) is 42.6 Å². The fourth-order valence-corrected chi connectivity index (χ4v) is 14.9. The van der Waals surface area contributed by atoms with Gasteiger partial charge in [0.25, 0.3) is 0 Å². The number of aliphatic hydroxyl groups is 13. The summed E-state index contributed by atoms with van der Waals surface area (Å²) in [6.45, 7) is 10.7. The topological polar surface area (TPSA) is 346 Å². The number of aliphatic hydroxyl groups excluding tert-OH is 12. The first-order chi connectivity index (χ1) is 34.5. The highest BCUT2D eigenvalue weighted by molar-refractivity contribution is 5.26. The lowest BCUT2D eigenvalue weighted by Crippen LogP contribution is -2.66. The average molecular weight is 1050 g/mol. The van der Waals surface area contributed by atoms with E-state index in [9.17, 15) is 66.4 Å². The lowest BCUT2D eigenvalue weighted by atomic mass is 9.47. The SMILES string of the molecule is CC(CCC1(O)O[C@H]2C[C@H]3[C@@H]4CC=C5C[C@@H](O[C@@H]6O[C@H](CO)[C@@H](O[C@@H]7O[C@@H](C)[C@H](O)[C@@H](O)[C@H]7O)[C@H](O)[C@H]6O[C@@H]6O[C@@H](C)[C@H](O)[C@@H](O)[C@H]6O)CC[C@]5(C)[C@H]4CC[C@]3(C)[C@H]2[C@@H]1C)CO[C@@H]1O[C@H](CO)[C@@H](O)[C@H](O)[C@H]1O. The molecular weight excluding hydrogens is 965 g/mol. The van der Waals surface area contributed by atoms with Crippen LogP contribution in [0.15, 0.2) is 11.6 Å². The fourth-order valence-electron chi connectivity index (χ4n) is 14.9. The highest BCUT2D eigenvalue weighted by Gasteiger charge is 2.68. The van der Waals surface area contributed by atoms with Crippen molar-refractivity contribution in [1.29, 1.82) is 0 Å². The molecule has 22 nitrogen and oxygen atoms in total. The zero-order chi connectivity index (χ0) is 52.8. The zero-order valence-corrected chi connectivity index (χ0v) is 42.7. The molecular formula is C51H84O22. The minimum absolute atomic E-state index is 0.0589. The molecule has 8 fully saturated rings. The van der Waals surface area contributed by atoms with Gasteiger partial charge in [-0.25, -0.2) is 0 Å². The van der Waals surface area contributed by atoms with E-state index in [1.54, 1.807) is 0 Å². The maximum atomic E-state index is 12.1. The molecule has 5 saturated heterocycles. The molecule has 3 saturated carbocycles. The Kier molecular flexibility index (Phi) is 16.9. The molecule has 9 aliphatic rings. The van der Waals surface area contributed by atoms with Gasteiger partial charge in [-0.3, -0.25) is 0 Å². The molecule has 420 valence electrons. The highest BCUT2D eigenvalue weighted by Crippen LogP contribution is 2.70. The lowest BCUT2D eigenvalue weighted by molar-refractivity contribution is -0.388. The van der Waals surface area contributed by atoms with Crippen LogP contribution in [0.2, 0.25) is 0 Å². The Morgan fingerprint density at radius 2 is 1.23 bits per heavy atom. The van der Waals surface area contributed by atoms with E-state index in [2.05, 4.69) is 26.8 Å². The molecule has 0 amide bonds. The number of allylic oxidation sites excluding steroid dienone is 1. The molecule has 5 aliphatic heterocycles. The van der Waals surface area contributed by atoms with Crippen molar-refractivity contribution in [3.05, 3.63) is 11.6 Å². The first-order valence-corrected chi connectivity index (χ1v) is 26.8. The summed E-state index contributed by atoms with van der Waals surface area (Å²) < 4.78 is 54.6. The molecule has 0 aromatic rings. The first kappa shape index (κ1) is 56.6. The summed E-state index contributed by atoms with van der Waals surface area (Å²) in [5, 5.41) is 139. The lowest BCUT2D eigenvalue weighted by Gasteiger charge is -2.58. The normalized spacial score (nSPS) is 55.5. The monoisotopic (exact) mass is 1050 g/mol. The molecule has 13 N–H and O–H groups in total. The molecule has 0 spiro atoms. The predicted molar refractivity (Wildman–Crippen MR) is 249 cm³/mol. The second-order valence-corrected chi connectivity index (χ2v) is 23.8. The van der Waals surface area contributed by atoms with Gasteiger partial charge in [-0.1, -0.05) is 39.3 Å². The summed E-state index contributed by atoms with van der Waals surface area (Å²) in [4.78, 5) is 0. The summed E-state index contributed by atoms with van der Waals surface area (Å²) in [7, 11) is 0. The third-order valence-corrected chi connectivity index (χ3v) is 19.5. The maximum absolute atomic E-state index is 12.1. The van der Waals surface area contributed by atoms with Crippen LogP contribution in [0.3, 0.4) is 0 Å². The van der Waals surface area contributed by atoms with Crippen molar-refractivity contribution in [2.45, 2.75) is 240 Å². The van der Waals surface area contributed by atoms with Crippen LogP contribution in [0.25, 0.3) is 0 Å². The number of hydrogen-bond acceptors (Lipinski definition) is 22. The summed E-state index contributed by atoms with van der Waals surface area (Å²) in [5.74, 6) is -0.232. The molecule has 73 heavy (non-hydrogen) atoms. The minimum atomic E-state index is -1.75. The highest BCUT2D eigenvalue weighted by atomic mass is 16.8. The van der Waals surface area contributed by atoms with Crippen LogP contribution >= 0.6 is 0 Å². The maximum Gasteiger partial charge on any atom is 0.187 e. The summed E-state index contributed by atoms with van der Waals surface area (Å²) in [5.41, 5.74) is 1.07. The van der Waals surface area contributed by atoms with Gasteiger partial charge in [0.05, 0.1) is 44.2 Å². The van der Waals surface area contributed by atoms with E-state index in [1.807, 2.05) is 6.92 Å². The van der Waals surface area contributed by atoms with Crippen LogP contribution in [-0.4, -0.2) is 227 Å². The average Bonchev–Trinajstić information content (AvgIpc) is 3.80. The number of ether oxygens (including phenoxy) is 9. The van der Waals surface area contributed by atoms with Crippen molar-refractivity contribution >= 4 is 0 Å². The molecule has 0 bridgehead atoms. The molecule has 5 heterocycles. The first-order valence-electron chi connectivity index (χ1n) is 26.8. The van der Waals surface area contributed by atoms with Crippen LogP contribution < -0.4 is 0 Å². The molecule has 22 heteroatoms. The van der Waals surface area contributed by atoms with Gasteiger partial charge in [0.15, 0.2) is 30.9 Å². The summed E-state index contributed by atoms with van der Waals surface area (Å²) in [6.07, 6.45) is -20.5. The van der Waals surface area contributed by atoms with Gasteiger partial charge in [0.1, 0.15) is 85.5 Å². The smallest absolute Gasteiger partial charge is 0.187 e. The molecule has 4 aliphatic carbocycles. The fraction of sp³-hybridized carbons (Fsp3) is 0.961. The van der Waals surface area contributed by atoms with Crippen LogP contribution in [0.4, 0.5) is 0 Å². The third kappa shape index (κ3) is 10.2. The predicted octanol–water partition coefficient (Wildman–Crippen LogP) is -1.98. The van der Waals surface area contributed by atoms with E-state index in [4.69, 9.17) is 42.6 Å². The van der Waals surface area contributed by atoms with Crippen molar-refractivity contribution in [2.75, 3.05) is 19.8 Å². The Morgan fingerprint density at radius 1 is 0.644 bits per heavy atom. The Morgan fingerprint density at radius 3 is 1.86 bits per heavy atom. The van der Waals surface area contributed by atoms with E-state index in [1.165, 1.54) is 19.4 Å². The van der Waals surface area contributed by atoms with Crippen LogP contribution in [0, 0.1) is 46.3 Å². The van der Waals surface area contributed by atoms with Crippen molar-refractivity contribution < 1.29 is 109 Å². The molecule has 31 atom stereocenters. The Balaban J connectivity index is 0.846. The van der Waals surface area contributed by atoms with Gasteiger partial charge in [-0.15, -0.1) is 0 Å². The van der Waals surface area contributed by atoms with Gasteiger partial charge in [-0.05, 0) is 106 Å². The van der Waals surface area contributed by atoms with Crippen molar-refractivity contribution in [1.82, 2.24) is 0 Å². The zero-order valence-electron chi connectivity index (χ0n) is 42.7. The van der Waals surface area contributed by atoms with Crippen molar-refractivity contribution in [2.24, 2.45) is 46.3 Å². The minimum Gasteiger partial charge on any atom is -0.394 e. The van der Waals surface area contributed by atoms with E-state index < -0.39 is 148 Å². The summed E-state index contributed by atoms with van der Waals surface area (Å²) >= 11 is 0. The van der Waals surface area contributed by atoms with Crippen LogP contribution in [0.5, 0.6) is 0 Å². The van der Waals surface area contributed by atoms with Gasteiger partial charge in [0, 0.05) is 12.3 Å². The van der Waals surface area contributed by atoms with E-state index in [-0.39, 0.29) is 41.3 Å². The Labute approximate surface area is 426 Å². The second kappa shape index (κ2) is 21.8. The number of hydrogen-bond donors (Lipinski definition) is 13. The molecule has 0 aromatic heterocycles. The second-order valence-electron chi connectivity index (χ2n) is 23.8. The molecule has 2 unspecified atom stereocenters. The summed E-state index contributed by atoms with van der Waals surface area (Å²) in [6, 6.07) is 0.